The summed E-state index contributed by atoms with van der Waals surface area (Å²) in [7, 11) is 3.54. The van der Waals surface area contributed by atoms with Gasteiger partial charge in [0, 0.05) is 38.4 Å². The number of aromatic nitrogens is 2. The molecule has 0 fully saturated rings. The molecule has 2 N–H and O–H groups in total. The molecule has 6 heteroatoms. The van der Waals surface area contributed by atoms with Crippen LogP contribution in [0.3, 0.4) is 0 Å². The molecule has 1 atom stereocenters. The van der Waals surface area contributed by atoms with E-state index in [2.05, 4.69) is 17.6 Å². The number of benzene rings is 2. The van der Waals surface area contributed by atoms with Crippen molar-refractivity contribution < 1.29 is 4.79 Å². The lowest BCUT2D eigenvalue weighted by atomic mass is 10.1. The average Bonchev–Trinajstić information content (AvgIpc) is 2.79. The van der Waals surface area contributed by atoms with Gasteiger partial charge < -0.3 is 10.6 Å². The highest BCUT2D eigenvalue weighted by Gasteiger charge is 2.11. The highest BCUT2D eigenvalue weighted by atomic mass is 16.2. The molecule has 6 nitrogen and oxygen atoms in total. The van der Waals surface area contributed by atoms with Crippen LogP contribution in [0, 0.1) is 0 Å². The molecule has 1 amide bonds. The van der Waals surface area contributed by atoms with Gasteiger partial charge in [-0.2, -0.15) is 0 Å². The Balaban J connectivity index is 1.87. The largest absolute Gasteiger partial charge is 0.378 e. The second-order valence-corrected chi connectivity index (χ2v) is 6.28. The zero-order chi connectivity index (χ0) is 18.1. The fraction of sp³-hybridized carbons (Fsp3) is 0.263. The Bertz CT molecular complexity index is 1000. The third-order valence-corrected chi connectivity index (χ3v) is 4.36. The third-order valence-electron chi connectivity index (χ3n) is 4.36. The summed E-state index contributed by atoms with van der Waals surface area (Å²) in [5, 5.41) is 6.25. The number of aryl methyl sites for hydroxylation is 2. The number of amides is 1. The van der Waals surface area contributed by atoms with Crippen molar-refractivity contribution in [2.24, 2.45) is 14.1 Å². The molecular formula is C19H22N4O2. The Kier molecular flexibility index (Phi) is 4.35. The van der Waals surface area contributed by atoms with Crippen LogP contribution in [0.25, 0.3) is 11.0 Å². The minimum atomic E-state index is -0.0896. The second kappa shape index (κ2) is 6.47. The fourth-order valence-electron chi connectivity index (χ4n) is 3.02. The van der Waals surface area contributed by atoms with Crippen molar-refractivity contribution in [1.29, 1.82) is 0 Å². The van der Waals surface area contributed by atoms with Gasteiger partial charge >= 0.3 is 5.69 Å². The van der Waals surface area contributed by atoms with Crippen LogP contribution in [-0.2, 0) is 18.9 Å². The Morgan fingerprint density at radius 2 is 1.72 bits per heavy atom. The highest BCUT2D eigenvalue weighted by Crippen LogP contribution is 2.24. The van der Waals surface area contributed by atoms with Gasteiger partial charge in [0.15, 0.2) is 0 Å². The summed E-state index contributed by atoms with van der Waals surface area (Å²) >= 11 is 0. The quantitative estimate of drug-likeness (QED) is 0.768. The lowest BCUT2D eigenvalue weighted by molar-refractivity contribution is -0.114. The topological polar surface area (TPSA) is 68.1 Å². The van der Waals surface area contributed by atoms with Gasteiger partial charge in [-0.3, -0.25) is 13.9 Å². The molecule has 0 radical (unpaired) electrons. The molecule has 1 unspecified atom stereocenters. The van der Waals surface area contributed by atoms with Crippen molar-refractivity contribution in [3.63, 3.8) is 0 Å². The van der Waals surface area contributed by atoms with Gasteiger partial charge in [0.1, 0.15) is 0 Å². The van der Waals surface area contributed by atoms with Gasteiger partial charge in [0.2, 0.25) is 5.91 Å². The van der Waals surface area contributed by atoms with Crippen molar-refractivity contribution in [2.75, 3.05) is 10.6 Å². The van der Waals surface area contributed by atoms with Crippen LogP contribution in [0.5, 0.6) is 0 Å². The summed E-state index contributed by atoms with van der Waals surface area (Å²) in [5.41, 5.74) is 4.53. The number of nitrogens with zero attached hydrogens (tertiary/aromatic N) is 2. The average molecular weight is 338 g/mol. The Morgan fingerprint density at radius 3 is 2.44 bits per heavy atom. The number of carbonyl (C=O) groups excluding carboxylic acids is 1. The van der Waals surface area contributed by atoms with E-state index in [4.69, 9.17) is 0 Å². The van der Waals surface area contributed by atoms with Gasteiger partial charge in [0.25, 0.3) is 0 Å². The van der Waals surface area contributed by atoms with Gasteiger partial charge in [-0.25, -0.2) is 4.79 Å². The predicted molar refractivity (Wildman–Crippen MR) is 101 cm³/mol. The number of imidazole rings is 1. The van der Waals surface area contributed by atoms with Gasteiger partial charge in [-0.1, -0.05) is 12.1 Å². The molecule has 0 saturated carbocycles. The van der Waals surface area contributed by atoms with E-state index in [1.165, 1.54) is 6.92 Å². The number of hydrogen-bond donors (Lipinski definition) is 2. The van der Waals surface area contributed by atoms with Crippen molar-refractivity contribution in [2.45, 2.75) is 19.9 Å². The van der Waals surface area contributed by atoms with Crippen LogP contribution in [0.15, 0.2) is 47.3 Å². The lowest BCUT2D eigenvalue weighted by Gasteiger charge is -2.17. The van der Waals surface area contributed by atoms with E-state index in [1.807, 2.05) is 42.5 Å². The molecule has 0 saturated heterocycles. The molecule has 3 rings (SSSR count). The number of anilines is 2. The minimum Gasteiger partial charge on any atom is -0.378 e. The summed E-state index contributed by atoms with van der Waals surface area (Å²) in [5.74, 6) is -0.0896. The Labute approximate surface area is 146 Å². The van der Waals surface area contributed by atoms with Crippen LogP contribution in [0.2, 0.25) is 0 Å². The van der Waals surface area contributed by atoms with Crippen molar-refractivity contribution in [1.82, 2.24) is 9.13 Å². The van der Waals surface area contributed by atoms with Crippen LogP contribution >= 0.6 is 0 Å². The molecule has 0 aliphatic heterocycles. The molecule has 0 aliphatic rings. The monoisotopic (exact) mass is 338 g/mol. The standard InChI is InChI=1S/C19H22N4O2/c1-12(14-6-5-7-15(10-14)21-13(2)24)20-16-8-9-17-18(11-16)23(4)19(25)22(17)3/h5-12,20H,1-4H3,(H,21,24). The van der Waals surface area contributed by atoms with Crippen LogP contribution < -0.4 is 16.3 Å². The second-order valence-electron chi connectivity index (χ2n) is 6.28. The van der Waals surface area contributed by atoms with Crippen LogP contribution in [-0.4, -0.2) is 15.0 Å². The summed E-state index contributed by atoms with van der Waals surface area (Å²) < 4.78 is 3.28. The molecule has 130 valence electrons. The predicted octanol–water partition coefficient (Wildman–Crippen LogP) is 3.01. The molecular weight excluding hydrogens is 316 g/mol. The molecule has 0 spiro atoms. The number of hydrogen-bond acceptors (Lipinski definition) is 3. The van der Waals surface area contributed by atoms with Gasteiger partial charge in [-0.15, -0.1) is 0 Å². The van der Waals surface area contributed by atoms with Gasteiger partial charge in [0.05, 0.1) is 11.0 Å². The third kappa shape index (κ3) is 3.28. The molecule has 1 heterocycles. The maximum Gasteiger partial charge on any atom is 0.328 e. The number of carbonyl (C=O) groups is 1. The van der Waals surface area contributed by atoms with Crippen LogP contribution in [0.4, 0.5) is 11.4 Å². The van der Waals surface area contributed by atoms with E-state index < -0.39 is 0 Å². The Morgan fingerprint density at radius 1 is 1.00 bits per heavy atom. The number of nitrogens with one attached hydrogen (secondary N) is 2. The summed E-state index contributed by atoms with van der Waals surface area (Å²) in [6.07, 6.45) is 0. The van der Waals surface area contributed by atoms with Crippen LogP contribution in [0.1, 0.15) is 25.5 Å². The van der Waals surface area contributed by atoms with E-state index in [0.29, 0.717) is 0 Å². The first-order valence-corrected chi connectivity index (χ1v) is 8.16. The van der Waals surface area contributed by atoms with Gasteiger partial charge in [-0.05, 0) is 42.8 Å². The number of rotatable bonds is 4. The highest BCUT2D eigenvalue weighted by molar-refractivity contribution is 5.88. The molecule has 0 bridgehead atoms. The first-order chi connectivity index (χ1) is 11.9. The molecule has 25 heavy (non-hydrogen) atoms. The first-order valence-electron chi connectivity index (χ1n) is 8.16. The zero-order valence-corrected chi connectivity index (χ0v) is 14.8. The number of fused-ring (bicyclic) bond motifs is 1. The Hall–Kier alpha value is -3.02. The van der Waals surface area contributed by atoms with E-state index in [1.54, 1.807) is 23.2 Å². The molecule has 2 aromatic carbocycles. The van der Waals surface area contributed by atoms with Crippen molar-refractivity contribution in [3.05, 3.63) is 58.5 Å². The molecule has 0 aliphatic carbocycles. The maximum atomic E-state index is 12.0. The summed E-state index contributed by atoms with van der Waals surface area (Å²) in [4.78, 5) is 23.3. The van der Waals surface area contributed by atoms with Crippen molar-refractivity contribution >= 4 is 28.3 Å². The normalized spacial score (nSPS) is 12.2. The zero-order valence-electron chi connectivity index (χ0n) is 14.8. The first kappa shape index (κ1) is 16.8. The molecule has 3 aromatic rings. The van der Waals surface area contributed by atoms with E-state index in [0.717, 1.165) is 28.0 Å². The fourth-order valence-corrected chi connectivity index (χ4v) is 3.02. The maximum absolute atomic E-state index is 12.0. The SMILES string of the molecule is CC(=O)Nc1cccc(C(C)Nc2ccc3c(c2)n(C)c(=O)n3C)c1. The molecule has 1 aromatic heterocycles. The van der Waals surface area contributed by atoms with E-state index in [9.17, 15) is 9.59 Å². The lowest BCUT2D eigenvalue weighted by Crippen LogP contribution is -2.19. The minimum absolute atomic E-state index is 0.0387. The summed E-state index contributed by atoms with van der Waals surface area (Å²) in [6.45, 7) is 3.55. The van der Waals surface area contributed by atoms with E-state index >= 15 is 0 Å². The smallest absolute Gasteiger partial charge is 0.328 e. The van der Waals surface area contributed by atoms with Crippen molar-refractivity contribution in [3.8, 4) is 0 Å². The summed E-state index contributed by atoms with van der Waals surface area (Å²) in [6, 6.07) is 13.7. The van der Waals surface area contributed by atoms with E-state index in [-0.39, 0.29) is 17.6 Å².